The van der Waals surface area contributed by atoms with Crippen LogP contribution in [0.2, 0.25) is 6.04 Å². The molecule has 0 atom stereocenters. The number of hydrogen-bond donors (Lipinski definition) is 1. The largest absolute Gasteiger partial charge is 0.500 e. The van der Waals surface area contributed by atoms with Gasteiger partial charge in [-0.25, -0.2) is 9.78 Å². The molecule has 138 valence electrons. The van der Waals surface area contributed by atoms with Crippen LogP contribution in [0.5, 0.6) is 0 Å². The van der Waals surface area contributed by atoms with Gasteiger partial charge in [0.15, 0.2) is 0 Å². The SMILES string of the molecule is CCO[Si](CCCCCCNC(=O)n1ccnc1)(OCC)OCC. The molecule has 1 amide bonds. The van der Waals surface area contributed by atoms with E-state index < -0.39 is 8.80 Å². The molecular weight excluding hydrogens is 326 g/mol. The van der Waals surface area contributed by atoms with E-state index in [0.29, 0.717) is 26.4 Å². The smallest absolute Gasteiger partial charge is 0.374 e. The Bertz CT molecular complexity index is 426. The van der Waals surface area contributed by atoms with Crippen molar-refractivity contribution in [1.82, 2.24) is 14.9 Å². The summed E-state index contributed by atoms with van der Waals surface area (Å²) in [4.78, 5) is 15.6. The van der Waals surface area contributed by atoms with E-state index in [0.717, 1.165) is 31.7 Å². The first kappa shape index (κ1) is 20.8. The van der Waals surface area contributed by atoms with Crippen molar-refractivity contribution in [2.45, 2.75) is 52.5 Å². The molecular formula is C16H31N3O4Si. The van der Waals surface area contributed by atoms with Crippen LogP contribution in [0.4, 0.5) is 4.79 Å². The zero-order chi connectivity index (χ0) is 17.7. The van der Waals surface area contributed by atoms with Gasteiger partial charge in [-0.2, -0.15) is 0 Å². The van der Waals surface area contributed by atoms with E-state index in [1.54, 1.807) is 12.4 Å². The minimum absolute atomic E-state index is 0.136. The summed E-state index contributed by atoms with van der Waals surface area (Å²) >= 11 is 0. The lowest BCUT2D eigenvalue weighted by atomic mass is 10.2. The fraction of sp³-hybridized carbons (Fsp3) is 0.750. The summed E-state index contributed by atoms with van der Waals surface area (Å²) in [6.07, 6.45) is 8.81. The maximum absolute atomic E-state index is 11.7. The van der Waals surface area contributed by atoms with Crippen molar-refractivity contribution in [1.29, 1.82) is 0 Å². The summed E-state index contributed by atoms with van der Waals surface area (Å²) in [6.45, 7) is 8.45. The summed E-state index contributed by atoms with van der Waals surface area (Å²) in [6, 6.07) is 0.715. The van der Waals surface area contributed by atoms with Gasteiger partial charge in [-0.15, -0.1) is 0 Å². The van der Waals surface area contributed by atoms with Crippen LogP contribution in [-0.4, -0.2) is 50.8 Å². The summed E-state index contributed by atoms with van der Waals surface area (Å²) < 4.78 is 19.0. The van der Waals surface area contributed by atoms with Gasteiger partial charge in [-0.1, -0.05) is 12.8 Å². The van der Waals surface area contributed by atoms with E-state index >= 15 is 0 Å². The van der Waals surface area contributed by atoms with Crippen LogP contribution in [0.15, 0.2) is 18.7 Å². The van der Waals surface area contributed by atoms with Crippen molar-refractivity contribution in [3.63, 3.8) is 0 Å². The van der Waals surface area contributed by atoms with Gasteiger partial charge >= 0.3 is 14.8 Å². The highest BCUT2D eigenvalue weighted by Crippen LogP contribution is 2.20. The molecule has 1 aromatic rings. The van der Waals surface area contributed by atoms with Crippen LogP contribution in [0.1, 0.15) is 46.5 Å². The third kappa shape index (κ3) is 7.56. The monoisotopic (exact) mass is 357 g/mol. The van der Waals surface area contributed by atoms with Crippen LogP contribution in [-0.2, 0) is 13.3 Å². The number of carbonyl (C=O) groups excluding carboxylic acids is 1. The van der Waals surface area contributed by atoms with Gasteiger partial charge in [-0.3, -0.25) is 4.57 Å². The first-order chi connectivity index (χ1) is 11.7. The van der Waals surface area contributed by atoms with Crippen LogP contribution in [0.25, 0.3) is 0 Å². The summed E-state index contributed by atoms with van der Waals surface area (Å²) in [7, 11) is -2.50. The number of imidazole rings is 1. The highest BCUT2D eigenvalue weighted by atomic mass is 28.4. The molecule has 0 unspecified atom stereocenters. The molecule has 0 spiro atoms. The number of amides is 1. The average Bonchev–Trinajstić information content (AvgIpc) is 3.09. The predicted molar refractivity (Wildman–Crippen MR) is 94.9 cm³/mol. The molecule has 0 saturated carbocycles. The summed E-state index contributed by atoms with van der Waals surface area (Å²) in [5.74, 6) is 0. The number of unbranched alkanes of at least 4 members (excludes halogenated alkanes) is 3. The zero-order valence-corrected chi connectivity index (χ0v) is 16.1. The van der Waals surface area contributed by atoms with Crippen molar-refractivity contribution in [2.24, 2.45) is 0 Å². The van der Waals surface area contributed by atoms with Crippen molar-refractivity contribution in [3.8, 4) is 0 Å². The lowest BCUT2D eigenvalue weighted by Gasteiger charge is -2.28. The average molecular weight is 358 g/mol. The molecule has 8 heteroatoms. The van der Waals surface area contributed by atoms with Gasteiger partial charge in [0.25, 0.3) is 0 Å². The van der Waals surface area contributed by atoms with Crippen LogP contribution in [0.3, 0.4) is 0 Å². The first-order valence-corrected chi connectivity index (χ1v) is 10.8. The van der Waals surface area contributed by atoms with Crippen molar-refractivity contribution >= 4 is 14.8 Å². The second-order valence-corrected chi connectivity index (χ2v) is 8.08. The second kappa shape index (κ2) is 12.2. The molecule has 24 heavy (non-hydrogen) atoms. The van der Waals surface area contributed by atoms with Crippen molar-refractivity contribution < 1.29 is 18.1 Å². The Kier molecular flexibility index (Phi) is 10.6. The number of carbonyl (C=O) groups is 1. The molecule has 1 aromatic heterocycles. The highest BCUT2D eigenvalue weighted by Gasteiger charge is 2.39. The van der Waals surface area contributed by atoms with E-state index in [2.05, 4.69) is 10.3 Å². The lowest BCUT2D eigenvalue weighted by Crippen LogP contribution is -2.45. The topological polar surface area (TPSA) is 74.6 Å². The molecule has 0 aliphatic carbocycles. The van der Waals surface area contributed by atoms with Crippen molar-refractivity contribution in [3.05, 3.63) is 18.7 Å². The van der Waals surface area contributed by atoms with Crippen molar-refractivity contribution in [2.75, 3.05) is 26.4 Å². The van der Waals surface area contributed by atoms with E-state index in [9.17, 15) is 4.79 Å². The quantitative estimate of drug-likeness (QED) is 0.434. The molecule has 1 N–H and O–H groups in total. The van der Waals surface area contributed by atoms with E-state index in [-0.39, 0.29) is 6.03 Å². The van der Waals surface area contributed by atoms with E-state index in [4.69, 9.17) is 13.3 Å². The molecule has 0 bridgehead atoms. The molecule has 0 fully saturated rings. The van der Waals surface area contributed by atoms with E-state index in [1.807, 2.05) is 20.8 Å². The number of nitrogens with zero attached hydrogens (tertiary/aromatic N) is 2. The van der Waals surface area contributed by atoms with Gasteiger partial charge in [0.2, 0.25) is 0 Å². The van der Waals surface area contributed by atoms with Gasteiger partial charge < -0.3 is 18.6 Å². The van der Waals surface area contributed by atoms with Crippen LogP contribution < -0.4 is 5.32 Å². The molecule has 0 aromatic carbocycles. The number of hydrogen-bond acceptors (Lipinski definition) is 5. The predicted octanol–water partition coefficient (Wildman–Crippen LogP) is 3.05. The van der Waals surface area contributed by atoms with Crippen LogP contribution in [0, 0.1) is 0 Å². The Morgan fingerprint density at radius 3 is 2.21 bits per heavy atom. The Morgan fingerprint density at radius 2 is 1.67 bits per heavy atom. The van der Waals surface area contributed by atoms with Gasteiger partial charge in [0.05, 0.1) is 0 Å². The third-order valence-corrected chi connectivity index (χ3v) is 6.67. The summed E-state index contributed by atoms with van der Waals surface area (Å²) in [5, 5.41) is 2.87. The molecule has 0 aliphatic rings. The highest BCUT2D eigenvalue weighted by molar-refractivity contribution is 6.60. The number of rotatable bonds is 13. The Labute approximate surface area is 146 Å². The fourth-order valence-electron chi connectivity index (χ4n) is 2.49. The van der Waals surface area contributed by atoms with Crippen LogP contribution >= 0.6 is 0 Å². The van der Waals surface area contributed by atoms with Gasteiger partial charge in [0.1, 0.15) is 6.33 Å². The Balaban J connectivity index is 2.17. The Morgan fingerprint density at radius 1 is 1.04 bits per heavy atom. The molecule has 0 radical (unpaired) electrons. The number of aromatic nitrogens is 2. The molecule has 7 nitrogen and oxygen atoms in total. The molecule has 0 saturated heterocycles. The standard InChI is InChI=1S/C16H31N3O4Si/c1-4-21-24(22-5-2,23-6-3)14-10-8-7-9-11-18-16(20)19-13-12-17-15-19/h12-13,15H,4-11,14H2,1-3H3,(H,18,20). The zero-order valence-electron chi connectivity index (χ0n) is 15.1. The van der Waals surface area contributed by atoms with E-state index in [1.165, 1.54) is 10.9 Å². The van der Waals surface area contributed by atoms with Gasteiger partial charge in [-0.05, 0) is 33.6 Å². The molecule has 1 heterocycles. The molecule has 0 aliphatic heterocycles. The minimum Gasteiger partial charge on any atom is -0.374 e. The maximum atomic E-state index is 11.7. The maximum Gasteiger partial charge on any atom is 0.500 e. The normalized spacial score (nSPS) is 11.6. The van der Waals surface area contributed by atoms with Gasteiger partial charge in [0, 0.05) is 44.8 Å². The number of nitrogens with one attached hydrogen (secondary N) is 1. The minimum atomic E-state index is -2.50. The second-order valence-electron chi connectivity index (χ2n) is 5.35. The Hall–Kier alpha value is -1.22. The first-order valence-electron chi connectivity index (χ1n) is 8.85. The summed E-state index contributed by atoms with van der Waals surface area (Å²) in [5.41, 5.74) is 0. The lowest BCUT2D eigenvalue weighted by molar-refractivity contribution is 0.0706. The third-order valence-electron chi connectivity index (χ3n) is 3.52. The fourth-order valence-corrected chi connectivity index (χ4v) is 5.17. The molecule has 1 rings (SSSR count).